The minimum Gasteiger partial charge on any atom is -0.340 e. The molecule has 0 spiro atoms. The zero-order valence-electron chi connectivity index (χ0n) is 11.8. The predicted octanol–water partition coefficient (Wildman–Crippen LogP) is 2.39. The molecule has 2 aromatic rings. The number of aromatic nitrogens is 1. The number of rotatable bonds is 2. The Kier molecular flexibility index (Phi) is 3.63. The standard InChI is InChI=1S/C15H10B2BrFN2O/c1-8-5-9(18)6-12(19)11(8)7-21-14(22)10-3-2-4-20-13(10)15(21,16)17/h2-6H,7H2,1H3. The summed E-state index contributed by atoms with van der Waals surface area (Å²) in [5, 5.41) is -1.56. The van der Waals surface area contributed by atoms with E-state index in [-0.39, 0.29) is 12.5 Å². The first-order valence-electron chi connectivity index (χ1n) is 6.62. The van der Waals surface area contributed by atoms with E-state index >= 15 is 0 Å². The average molecular weight is 355 g/mol. The molecular formula is C15H10B2BrFN2O. The minimum atomic E-state index is -1.56. The van der Waals surface area contributed by atoms with E-state index in [0.29, 0.717) is 26.9 Å². The first-order chi connectivity index (χ1) is 10.3. The number of benzene rings is 1. The molecule has 4 radical (unpaired) electrons. The molecule has 0 N–H and O–H groups in total. The van der Waals surface area contributed by atoms with Gasteiger partial charge in [0.05, 0.1) is 26.9 Å². The Labute approximate surface area is 138 Å². The summed E-state index contributed by atoms with van der Waals surface area (Å²) in [5.74, 6) is -0.769. The Hall–Kier alpha value is -1.62. The van der Waals surface area contributed by atoms with E-state index in [1.165, 1.54) is 17.2 Å². The molecule has 0 unspecified atom stereocenters. The minimum absolute atomic E-state index is 0.0207. The topological polar surface area (TPSA) is 33.2 Å². The number of aryl methyl sites for hydroxylation is 1. The van der Waals surface area contributed by atoms with E-state index in [9.17, 15) is 9.18 Å². The summed E-state index contributed by atoms with van der Waals surface area (Å²) in [5.41, 5.74) is 1.74. The Morgan fingerprint density at radius 1 is 1.41 bits per heavy atom. The fraction of sp³-hybridized carbons (Fsp3) is 0.200. The number of halogens is 2. The maximum absolute atomic E-state index is 14.2. The third-order valence-corrected chi connectivity index (χ3v) is 4.27. The molecule has 0 fully saturated rings. The average Bonchev–Trinajstić information content (AvgIpc) is 2.63. The molecule has 1 aliphatic rings. The summed E-state index contributed by atoms with van der Waals surface area (Å²) >= 11 is 3.24. The third-order valence-electron chi connectivity index (χ3n) is 3.81. The lowest BCUT2D eigenvalue weighted by molar-refractivity contribution is 0.0729. The summed E-state index contributed by atoms with van der Waals surface area (Å²) in [6, 6.07) is 6.38. The molecule has 0 saturated carbocycles. The van der Waals surface area contributed by atoms with Gasteiger partial charge in [0, 0.05) is 28.1 Å². The van der Waals surface area contributed by atoms with E-state index in [1.807, 2.05) is 0 Å². The fourth-order valence-electron chi connectivity index (χ4n) is 2.63. The molecule has 0 bridgehead atoms. The van der Waals surface area contributed by atoms with Gasteiger partial charge < -0.3 is 4.90 Å². The number of nitrogens with zero attached hydrogens (tertiary/aromatic N) is 2. The third kappa shape index (κ3) is 2.28. The van der Waals surface area contributed by atoms with Crippen LogP contribution in [0.5, 0.6) is 0 Å². The van der Waals surface area contributed by atoms with Crippen LogP contribution in [0.4, 0.5) is 4.39 Å². The number of fused-ring (bicyclic) bond motifs is 1. The van der Waals surface area contributed by atoms with Gasteiger partial charge in [0.1, 0.15) is 5.82 Å². The lowest BCUT2D eigenvalue weighted by Crippen LogP contribution is -2.45. The van der Waals surface area contributed by atoms with Crippen LogP contribution < -0.4 is 0 Å². The van der Waals surface area contributed by atoms with Crippen LogP contribution in [-0.4, -0.2) is 31.5 Å². The monoisotopic (exact) mass is 354 g/mol. The van der Waals surface area contributed by atoms with Crippen molar-refractivity contribution < 1.29 is 9.18 Å². The number of amides is 1. The molecule has 3 rings (SSSR count). The number of hydrogen-bond acceptors (Lipinski definition) is 2. The van der Waals surface area contributed by atoms with E-state index in [4.69, 9.17) is 15.7 Å². The fourth-order valence-corrected chi connectivity index (χ4v) is 3.18. The maximum atomic E-state index is 14.2. The van der Waals surface area contributed by atoms with Gasteiger partial charge >= 0.3 is 0 Å². The summed E-state index contributed by atoms with van der Waals surface area (Å²) in [6.45, 7) is 1.75. The van der Waals surface area contributed by atoms with Crippen LogP contribution in [0.2, 0.25) is 0 Å². The van der Waals surface area contributed by atoms with Crippen molar-refractivity contribution in [1.82, 2.24) is 9.88 Å². The highest BCUT2D eigenvalue weighted by molar-refractivity contribution is 9.10. The number of pyridine rings is 1. The van der Waals surface area contributed by atoms with Crippen molar-refractivity contribution >= 4 is 37.5 Å². The van der Waals surface area contributed by atoms with Crippen LogP contribution >= 0.6 is 15.9 Å². The molecule has 3 nitrogen and oxygen atoms in total. The molecule has 0 saturated heterocycles. The lowest BCUT2D eigenvalue weighted by Gasteiger charge is -2.33. The molecule has 1 aromatic heterocycles. The van der Waals surface area contributed by atoms with Crippen molar-refractivity contribution in [3.63, 3.8) is 0 Å². The first kappa shape index (κ1) is 15.3. The first-order valence-corrected chi connectivity index (χ1v) is 7.41. The van der Waals surface area contributed by atoms with E-state index in [1.54, 1.807) is 25.1 Å². The number of carbonyl (C=O) groups is 1. The highest BCUT2D eigenvalue weighted by Crippen LogP contribution is 2.35. The van der Waals surface area contributed by atoms with E-state index in [0.717, 1.165) is 0 Å². The number of hydrogen-bond donors (Lipinski definition) is 0. The van der Waals surface area contributed by atoms with Gasteiger partial charge in [-0.15, -0.1) is 0 Å². The van der Waals surface area contributed by atoms with Crippen LogP contribution in [-0.2, 0) is 11.9 Å². The molecule has 2 heterocycles. The van der Waals surface area contributed by atoms with Gasteiger partial charge in [-0.1, -0.05) is 15.9 Å². The predicted molar refractivity (Wildman–Crippen MR) is 86.1 cm³/mol. The summed E-state index contributed by atoms with van der Waals surface area (Å²) < 4.78 is 14.8. The molecular weight excluding hydrogens is 345 g/mol. The van der Waals surface area contributed by atoms with Crippen molar-refractivity contribution in [3.05, 3.63) is 63.1 Å². The van der Waals surface area contributed by atoms with Gasteiger partial charge in [-0.25, -0.2) is 4.39 Å². The molecule has 0 atom stereocenters. The van der Waals surface area contributed by atoms with Gasteiger partial charge in [0.25, 0.3) is 5.91 Å². The molecule has 7 heteroatoms. The Bertz CT molecular complexity index is 759. The summed E-state index contributed by atoms with van der Waals surface area (Å²) in [6.07, 6.45) is 1.52. The lowest BCUT2D eigenvalue weighted by atomic mass is 9.59. The smallest absolute Gasteiger partial charge is 0.255 e. The Morgan fingerprint density at radius 3 is 2.77 bits per heavy atom. The molecule has 22 heavy (non-hydrogen) atoms. The second kappa shape index (κ2) is 5.23. The highest BCUT2D eigenvalue weighted by atomic mass is 79.9. The second-order valence-electron chi connectivity index (χ2n) is 5.30. The second-order valence-corrected chi connectivity index (χ2v) is 6.21. The molecule has 0 aliphatic carbocycles. The largest absolute Gasteiger partial charge is 0.340 e. The Morgan fingerprint density at radius 2 is 2.14 bits per heavy atom. The van der Waals surface area contributed by atoms with Gasteiger partial charge in [-0.05, 0) is 36.8 Å². The highest BCUT2D eigenvalue weighted by Gasteiger charge is 2.43. The van der Waals surface area contributed by atoms with Crippen LogP contribution in [0.1, 0.15) is 27.2 Å². The van der Waals surface area contributed by atoms with Gasteiger partial charge in [-0.3, -0.25) is 9.78 Å². The van der Waals surface area contributed by atoms with Crippen molar-refractivity contribution in [2.24, 2.45) is 0 Å². The Balaban J connectivity index is 2.03. The quantitative estimate of drug-likeness (QED) is 0.776. The van der Waals surface area contributed by atoms with Crippen molar-refractivity contribution in [2.75, 3.05) is 0 Å². The molecule has 1 aromatic carbocycles. The van der Waals surface area contributed by atoms with E-state index in [2.05, 4.69) is 20.9 Å². The summed E-state index contributed by atoms with van der Waals surface area (Å²) in [7, 11) is 12.2. The maximum Gasteiger partial charge on any atom is 0.255 e. The molecule has 106 valence electrons. The summed E-state index contributed by atoms with van der Waals surface area (Å²) in [4.78, 5) is 17.8. The van der Waals surface area contributed by atoms with Crippen LogP contribution in [0.15, 0.2) is 34.9 Å². The van der Waals surface area contributed by atoms with Gasteiger partial charge in [0.2, 0.25) is 0 Å². The van der Waals surface area contributed by atoms with Gasteiger partial charge in [-0.2, -0.15) is 0 Å². The molecule has 1 amide bonds. The van der Waals surface area contributed by atoms with E-state index < -0.39 is 11.2 Å². The SMILES string of the molecule is [B]C1([B])c2ncccc2C(=O)N1Cc1c(C)cc(Br)cc1F. The van der Waals surface area contributed by atoms with Crippen LogP contribution in [0, 0.1) is 12.7 Å². The normalized spacial score (nSPS) is 16.0. The van der Waals surface area contributed by atoms with Crippen molar-refractivity contribution in [3.8, 4) is 0 Å². The number of carbonyl (C=O) groups excluding carboxylic acids is 1. The van der Waals surface area contributed by atoms with Crippen LogP contribution in [0.3, 0.4) is 0 Å². The van der Waals surface area contributed by atoms with Crippen molar-refractivity contribution in [1.29, 1.82) is 0 Å². The zero-order valence-corrected chi connectivity index (χ0v) is 13.4. The molecule has 1 aliphatic heterocycles. The van der Waals surface area contributed by atoms with Crippen LogP contribution in [0.25, 0.3) is 0 Å². The zero-order chi connectivity index (χ0) is 16.1. The van der Waals surface area contributed by atoms with Crippen molar-refractivity contribution in [2.45, 2.75) is 18.8 Å². The van der Waals surface area contributed by atoms with Gasteiger partial charge in [0.15, 0.2) is 0 Å².